The highest BCUT2D eigenvalue weighted by Crippen LogP contribution is 2.39. The van der Waals surface area contributed by atoms with Crippen LogP contribution in [0.15, 0.2) is 36.7 Å². The number of nitrogens with one attached hydrogen (secondary N) is 2. The molecule has 0 spiro atoms. The van der Waals surface area contributed by atoms with E-state index < -0.39 is 12.0 Å². The van der Waals surface area contributed by atoms with Gasteiger partial charge in [-0.2, -0.15) is 10.3 Å². The van der Waals surface area contributed by atoms with Crippen molar-refractivity contribution in [3.8, 4) is 22.8 Å². The van der Waals surface area contributed by atoms with E-state index in [0.717, 1.165) is 37.1 Å². The van der Waals surface area contributed by atoms with Crippen LogP contribution in [0.3, 0.4) is 0 Å². The summed E-state index contributed by atoms with van der Waals surface area (Å²) in [6.45, 7) is 0.761. The van der Waals surface area contributed by atoms with Gasteiger partial charge in [-0.25, -0.2) is 4.68 Å². The highest BCUT2D eigenvalue weighted by Gasteiger charge is 2.38. The van der Waals surface area contributed by atoms with Crippen molar-refractivity contribution in [2.24, 2.45) is 11.8 Å². The molecule has 3 heterocycles. The first-order valence-corrected chi connectivity index (χ1v) is 10.2. The average Bonchev–Trinajstić information content (AvgIpc) is 3.47. The Morgan fingerprint density at radius 1 is 1.23 bits per heavy atom. The van der Waals surface area contributed by atoms with E-state index in [-0.39, 0.29) is 18.5 Å². The fraction of sp³-hybridized carbons (Fsp3) is 0.450. The van der Waals surface area contributed by atoms with Gasteiger partial charge in [0.25, 0.3) is 0 Å². The lowest BCUT2D eigenvalue weighted by molar-refractivity contribution is -0.141. The highest BCUT2D eigenvalue weighted by atomic mass is 35.5. The second-order valence-electron chi connectivity index (χ2n) is 7.97. The van der Waals surface area contributed by atoms with Crippen molar-refractivity contribution < 1.29 is 14.6 Å². The minimum Gasteiger partial charge on any atom is -0.490 e. The molecule has 1 aromatic carbocycles. The topological polar surface area (TPSA) is 131 Å². The van der Waals surface area contributed by atoms with Crippen molar-refractivity contribution in [3.05, 3.63) is 36.7 Å². The molecule has 1 aliphatic heterocycles. The molecule has 1 saturated carbocycles. The molecule has 2 fully saturated rings. The summed E-state index contributed by atoms with van der Waals surface area (Å²) < 4.78 is 8.23. The normalized spacial score (nSPS) is 25.3. The summed E-state index contributed by atoms with van der Waals surface area (Å²) in [6.07, 6.45) is 7.05. The minimum atomic E-state index is -0.775. The zero-order valence-electron chi connectivity index (χ0n) is 16.7. The van der Waals surface area contributed by atoms with E-state index in [9.17, 15) is 9.90 Å². The van der Waals surface area contributed by atoms with Crippen LogP contribution in [0.4, 0.5) is 0 Å². The lowest BCUT2D eigenvalue weighted by atomic mass is 9.72. The van der Waals surface area contributed by atoms with Gasteiger partial charge in [0.15, 0.2) is 0 Å². The number of aromatic amines is 1. The van der Waals surface area contributed by atoms with Crippen molar-refractivity contribution in [1.29, 1.82) is 0 Å². The van der Waals surface area contributed by atoms with Crippen LogP contribution in [-0.4, -0.2) is 60.2 Å². The lowest BCUT2D eigenvalue weighted by Crippen LogP contribution is -2.50. The Hall–Kier alpha value is -2.98. The second-order valence-corrected chi connectivity index (χ2v) is 7.97. The van der Waals surface area contributed by atoms with Crippen LogP contribution in [0, 0.1) is 11.8 Å². The van der Waals surface area contributed by atoms with Gasteiger partial charge in [-0.15, -0.1) is 22.6 Å². The Kier molecular flexibility index (Phi) is 6.19. The van der Waals surface area contributed by atoms with E-state index in [0.29, 0.717) is 29.8 Å². The molecule has 5 rings (SSSR count). The van der Waals surface area contributed by atoms with Gasteiger partial charge in [0.2, 0.25) is 5.82 Å². The first kappa shape index (κ1) is 21.3. The molecule has 0 bridgehead atoms. The van der Waals surface area contributed by atoms with Crippen molar-refractivity contribution in [1.82, 2.24) is 35.7 Å². The van der Waals surface area contributed by atoms with Gasteiger partial charge < -0.3 is 15.2 Å². The maximum atomic E-state index is 11.4. The lowest BCUT2D eigenvalue weighted by Gasteiger charge is -2.41. The molecule has 1 saturated heterocycles. The third-order valence-corrected chi connectivity index (χ3v) is 6.17. The molecule has 0 unspecified atom stereocenters. The number of H-pyrrole nitrogens is 1. The Labute approximate surface area is 184 Å². The molecular weight excluding hydrogens is 422 g/mol. The number of aromatic nitrogens is 6. The number of aliphatic carboxylic acids is 1. The van der Waals surface area contributed by atoms with Crippen molar-refractivity contribution >= 4 is 18.4 Å². The fourth-order valence-electron chi connectivity index (χ4n) is 4.63. The Morgan fingerprint density at radius 2 is 2.13 bits per heavy atom. The molecule has 0 radical (unpaired) electrons. The van der Waals surface area contributed by atoms with Crippen LogP contribution < -0.4 is 10.1 Å². The molecule has 2 aliphatic rings. The smallest absolute Gasteiger partial charge is 0.320 e. The predicted octanol–water partition coefficient (Wildman–Crippen LogP) is 2.08. The standard InChI is InChI=1S/C20H23N7O3.ClH/c28-20(29)17-9-13-8-15(4-2-12(13)11-21-17)30-18-10-14(27-7-1-6-22-27)3-5-16(18)19-23-25-26-24-19;/h1,3,5-7,10,12-13,15,17,21H,2,4,8-9,11H2,(H,28,29)(H,23,24,25,26);1H/t12-,13+,15-,17-;/m0./s1. The summed E-state index contributed by atoms with van der Waals surface area (Å²) >= 11 is 0. The number of carboxylic acids is 1. The van der Waals surface area contributed by atoms with E-state index in [1.165, 1.54) is 0 Å². The first-order valence-electron chi connectivity index (χ1n) is 10.2. The van der Waals surface area contributed by atoms with Gasteiger partial charge in [0, 0.05) is 18.5 Å². The van der Waals surface area contributed by atoms with Crippen molar-refractivity contribution in [2.75, 3.05) is 6.54 Å². The average molecular weight is 446 g/mol. The van der Waals surface area contributed by atoms with Crippen LogP contribution in [0.25, 0.3) is 17.1 Å². The molecule has 3 aromatic rings. The van der Waals surface area contributed by atoms with Crippen molar-refractivity contribution in [2.45, 2.75) is 37.8 Å². The fourth-order valence-corrected chi connectivity index (χ4v) is 4.63. The molecule has 4 atom stereocenters. The predicted molar refractivity (Wildman–Crippen MR) is 113 cm³/mol. The Balaban J connectivity index is 0.00000231. The Morgan fingerprint density at radius 3 is 2.87 bits per heavy atom. The van der Waals surface area contributed by atoms with Gasteiger partial charge in [-0.1, -0.05) is 0 Å². The van der Waals surface area contributed by atoms with Crippen LogP contribution in [0.5, 0.6) is 5.75 Å². The zero-order valence-corrected chi connectivity index (χ0v) is 17.5. The number of ether oxygens (including phenoxy) is 1. The van der Waals surface area contributed by atoms with E-state index >= 15 is 0 Å². The highest BCUT2D eigenvalue weighted by molar-refractivity contribution is 5.85. The summed E-state index contributed by atoms with van der Waals surface area (Å²) in [7, 11) is 0. The molecule has 31 heavy (non-hydrogen) atoms. The molecule has 3 N–H and O–H groups in total. The molecule has 0 amide bonds. The monoisotopic (exact) mass is 445 g/mol. The van der Waals surface area contributed by atoms with Crippen LogP contribution >= 0.6 is 12.4 Å². The number of hydrogen-bond acceptors (Lipinski definition) is 7. The van der Waals surface area contributed by atoms with E-state index in [1.807, 2.05) is 30.5 Å². The summed E-state index contributed by atoms with van der Waals surface area (Å²) in [5, 5.41) is 31.2. The number of halogens is 1. The SMILES string of the molecule is Cl.O=C(O)[C@@H]1C[C@H]2C[C@@H](Oc3cc(-n4cccn4)ccc3-c3nn[nH]n3)CC[C@H]2CN1. The molecular formula is C20H24ClN7O3. The van der Waals surface area contributed by atoms with Gasteiger partial charge in [0.05, 0.1) is 17.4 Å². The first-order chi connectivity index (χ1) is 14.7. The molecule has 1 aliphatic carbocycles. The van der Waals surface area contributed by atoms with E-state index in [1.54, 1.807) is 10.9 Å². The zero-order chi connectivity index (χ0) is 20.5. The van der Waals surface area contributed by atoms with E-state index in [2.05, 4.69) is 31.0 Å². The number of nitrogens with zero attached hydrogens (tertiary/aromatic N) is 5. The summed E-state index contributed by atoms with van der Waals surface area (Å²) in [6, 6.07) is 7.18. The summed E-state index contributed by atoms with van der Waals surface area (Å²) in [5.41, 5.74) is 1.64. The third kappa shape index (κ3) is 4.40. The number of carboxylic acid groups (broad SMARTS) is 1. The molecule has 2 aromatic heterocycles. The van der Waals surface area contributed by atoms with Gasteiger partial charge >= 0.3 is 5.97 Å². The number of piperidine rings is 1. The van der Waals surface area contributed by atoms with Gasteiger partial charge in [-0.05, 0) is 67.5 Å². The second kappa shape index (κ2) is 9.03. The van der Waals surface area contributed by atoms with Crippen LogP contribution in [0.1, 0.15) is 25.7 Å². The maximum absolute atomic E-state index is 11.4. The minimum absolute atomic E-state index is 0. The maximum Gasteiger partial charge on any atom is 0.320 e. The van der Waals surface area contributed by atoms with Crippen LogP contribution in [-0.2, 0) is 4.79 Å². The van der Waals surface area contributed by atoms with Gasteiger partial charge in [-0.3, -0.25) is 4.79 Å². The number of benzene rings is 1. The van der Waals surface area contributed by atoms with Gasteiger partial charge in [0.1, 0.15) is 11.8 Å². The van der Waals surface area contributed by atoms with Crippen LogP contribution in [0.2, 0.25) is 0 Å². The Bertz CT molecular complexity index is 1010. The molecule has 164 valence electrons. The number of rotatable bonds is 5. The number of tetrazole rings is 1. The number of carbonyl (C=O) groups is 1. The third-order valence-electron chi connectivity index (χ3n) is 6.17. The van der Waals surface area contributed by atoms with Crippen molar-refractivity contribution in [3.63, 3.8) is 0 Å². The summed E-state index contributed by atoms with van der Waals surface area (Å²) in [5.74, 6) is 1.22. The largest absolute Gasteiger partial charge is 0.490 e. The quantitative estimate of drug-likeness (QED) is 0.544. The summed E-state index contributed by atoms with van der Waals surface area (Å²) in [4.78, 5) is 11.4. The van der Waals surface area contributed by atoms with E-state index in [4.69, 9.17) is 4.74 Å². The molecule has 11 heteroatoms. The number of fused-ring (bicyclic) bond motifs is 1. The molecule has 10 nitrogen and oxygen atoms in total. The number of hydrogen-bond donors (Lipinski definition) is 3.